The number of hydrogen-bond donors (Lipinski definition) is 11. The van der Waals surface area contributed by atoms with Crippen molar-refractivity contribution in [3.05, 3.63) is 0 Å². The average molecular weight is 572 g/mol. The highest BCUT2D eigenvalue weighted by Crippen LogP contribution is 2.08. The molecule has 13 N–H and O–H groups in total. The van der Waals surface area contributed by atoms with Gasteiger partial charge in [-0.2, -0.15) is 0 Å². The van der Waals surface area contributed by atoms with Gasteiger partial charge in [0.15, 0.2) is 11.9 Å². The van der Waals surface area contributed by atoms with Crippen molar-refractivity contribution in [3.8, 4) is 0 Å². The molecule has 16 heteroatoms. The van der Waals surface area contributed by atoms with Gasteiger partial charge < -0.3 is 48.3 Å². The maximum atomic E-state index is 12.8. The monoisotopic (exact) mass is 571 g/mol. The Bertz CT molecular complexity index is 870. The molecule has 0 radical (unpaired) electrons. The highest BCUT2D eigenvalue weighted by atomic mass is 16.4. The van der Waals surface area contributed by atoms with Crippen molar-refractivity contribution < 1.29 is 34.2 Å². The summed E-state index contributed by atoms with van der Waals surface area (Å²) >= 11 is 0. The second-order valence-corrected chi connectivity index (χ2v) is 9.28. The molecule has 0 aromatic rings. The first-order chi connectivity index (χ1) is 18.9. The lowest BCUT2D eigenvalue weighted by Crippen LogP contribution is -2.56. The Balaban J connectivity index is 4.75. The molecule has 0 saturated carbocycles. The summed E-state index contributed by atoms with van der Waals surface area (Å²) in [7, 11) is 0. The largest absolute Gasteiger partial charge is 0.481 e. The van der Waals surface area contributed by atoms with Crippen LogP contribution in [0.4, 0.5) is 0 Å². The van der Waals surface area contributed by atoms with E-state index < -0.39 is 54.2 Å². The maximum absolute atomic E-state index is 12.8. The van der Waals surface area contributed by atoms with Crippen LogP contribution in [-0.2, 0) is 24.0 Å². The number of nitrogens with two attached hydrogens (primary N) is 2. The number of carbonyl (C=O) groups excluding carboxylic acids is 3. The lowest BCUT2D eigenvalue weighted by molar-refractivity contribution is -0.143. The zero-order chi connectivity index (χ0) is 30.5. The topological polar surface area (TPSA) is 286 Å². The fourth-order valence-corrected chi connectivity index (χ4v) is 3.68. The minimum Gasteiger partial charge on any atom is -0.481 e. The van der Waals surface area contributed by atoms with Crippen LogP contribution in [0, 0.1) is 10.8 Å². The van der Waals surface area contributed by atoms with Crippen LogP contribution in [0.1, 0.15) is 77.6 Å². The molecule has 0 aliphatic heterocycles. The molecule has 0 bridgehead atoms. The van der Waals surface area contributed by atoms with Gasteiger partial charge in [0.05, 0.1) is 6.42 Å². The van der Waals surface area contributed by atoms with E-state index in [1.54, 1.807) is 6.92 Å². The molecule has 0 aromatic heterocycles. The van der Waals surface area contributed by atoms with Crippen LogP contribution in [0.15, 0.2) is 0 Å². The summed E-state index contributed by atoms with van der Waals surface area (Å²) in [5, 5.41) is 45.2. The van der Waals surface area contributed by atoms with E-state index in [1.165, 1.54) is 0 Å². The molecule has 3 amide bonds. The Morgan fingerprint density at radius 2 is 1.20 bits per heavy atom. The molecule has 0 spiro atoms. The third kappa shape index (κ3) is 18.2. The van der Waals surface area contributed by atoms with Gasteiger partial charge in [0, 0.05) is 19.5 Å². The predicted molar refractivity (Wildman–Crippen MR) is 147 cm³/mol. The first-order valence-electron chi connectivity index (χ1n) is 13.4. The number of aliphatic carboxylic acids is 2. The van der Waals surface area contributed by atoms with Gasteiger partial charge in [-0.3, -0.25) is 30.0 Å². The second-order valence-electron chi connectivity index (χ2n) is 9.28. The Labute approximate surface area is 233 Å². The molecule has 0 aliphatic carbocycles. The van der Waals surface area contributed by atoms with Gasteiger partial charge >= 0.3 is 11.9 Å². The van der Waals surface area contributed by atoms with E-state index in [4.69, 9.17) is 22.3 Å². The third-order valence-electron chi connectivity index (χ3n) is 5.82. The van der Waals surface area contributed by atoms with Crippen molar-refractivity contribution in [2.75, 3.05) is 13.1 Å². The fraction of sp³-hybridized carbons (Fsp3) is 0.708. The summed E-state index contributed by atoms with van der Waals surface area (Å²) in [6, 6.07) is -3.81. The summed E-state index contributed by atoms with van der Waals surface area (Å²) < 4.78 is 0. The quantitative estimate of drug-likeness (QED) is 0.0420. The zero-order valence-electron chi connectivity index (χ0n) is 23.0. The van der Waals surface area contributed by atoms with E-state index in [2.05, 4.69) is 26.6 Å². The molecule has 0 rings (SSSR count). The van der Waals surface area contributed by atoms with Crippen molar-refractivity contribution in [2.45, 2.75) is 95.7 Å². The molecular formula is C24H45N9O7. The molecule has 16 nitrogen and oxygen atoms in total. The average Bonchev–Trinajstić information content (AvgIpc) is 2.86. The summed E-state index contributed by atoms with van der Waals surface area (Å²) in [5.41, 5.74) is 10.4. The van der Waals surface area contributed by atoms with E-state index >= 15 is 0 Å². The molecule has 0 heterocycles. The Hall–Kier alpha value is -4.11. The highest BCUT2D eigenvalue weighted by Gasteiger charge is 2.29. The summed E-state index contributed by atoms with van der Waals surface area (Å²) in [6.45, 7) is 2.45. The first-order valence-corrected chi connectivity index (χ1v) is 13.4. The van der Waals surface area contributed by atoms with Crippen molar-refractivity contribution in [3.63, 3.8) is 0 Å². The summed E-state index contributed by atoms with van der Waals surface area (Å²) in [5.74, 6) is -5.04. The van der Waals surface area contributed by atoms with E-state index in [-0.39, 0.29) is 37.7 Å². The maximum Gasteiger partial charge on any atom is 0.326 e. The van der Waals surface area contributed by atoms with Crippen LogP contribution in [-0.4, -0.2) is 83.0 Å². The molecule has 40 heavy (non-hydrogen) atoms. The van der Waals surface area contributed by atoms with Crippen molar-refractivity contribution in [2.24, 2.45) is 11.5 Å². The van der Waals surface area contributed by atoms with Crippen molar-refractivity contribution in [1.29, 1.82) is 10.8 Å². The zero-order valence-corrected chi connectivity index (χ0v) is 23.0. The summed E-state index contributed by atoms with van der Waals surface area (Å²) in [6.07, 6.45) is 4.83. The van der Waals surface area contributed by atoms with Gasteiger partial charge in [0.25, 0.3) is 0 Å². The molecule has 3 atom stereocenters. The predicted octanol–water partition coefficient (Wildman–Crippen LogP) is -1.11. The second kappa shape index (κ2) is 20.8. The number of amides is 3. The minimum atomic E-state index is -1.41. The van der Waals surface area contributed by atoms with Gasteiger partial charge in [0.2, 0.25) is 17.7 Å². The van der Waals surface area contributed by atoms with E-state index in [1.807, 2.05) is 0 Å². The van der Waals surface area contributed by atoms with Crippen molar-refractivity contribution in [1.82, 2.24) is 26.6 Å². The van der Waals surface area contributed by atoms with Gasteiger partial charge in [-0.05, 0) is 32.1 Å². The van der Waals surface area contributed by atoms with E-state index in [0.717, 1.165) is 32.1 Å². The summed E-state index contributed by atoms with van der Waals surface area (Å²) in [4.78, 5) is 60.6. The van der Waals surface area contributed by atoms with Crippen LogP contribution in [0.25, 0.3) is 0 Å². The number of guanidine groups is 2. The Kier molecular flexibility index (Phi) is 18.7. The number of rotatable bonds is 22. The van der Waals surface area contributed by atoms with E-state index in [9.17, 15) is 34.2 Å². The minimum absolute atomic E-state index is 0.0422. The Morgan fingerprint density at radius 1 is 0.700 bits per heavy atom. The van der Waals surface area contributed by atoms with Gasteiger partial charge in [0.1, 0.15) is 18.1 Å². The van der Waals surface area contributed by atoms with Gasteiger partial charge in [-0.1, -0.05) is 32.6 Å². The number of hydrogen-bond acceptors (Lipinski definition) is 7. The third-order valence-corrected chi connectivity index (χ3v) is 5.82. The normalized spacial score (nSPS) is 12.7. The number of nitrogens with one attached hydrogen (secondary N) is 7. The molecule has 228 valence electrons. The number of carboxylic acid groups (broad SMARTS) is 2. The number of carbonyl (C=O) groups is 5. The van der Waals surface area contributed by atoms with Crippen LogP contribution in [0.5, 0.6) is 0 Å². The van der Waals surface area contributed by atoms with E-state index in [0.29, 0.717) is 19.4 Å². The molecule has 0 fully saturated rings. The number of unbranched alkanes of at least 4 members (excludes halogenated alkanes) is 5. The molecule has 0 aromatic carbocycles. The smallest absolute Gasteiger partial charge is 0.326 e. The number of carboxylic acids is 2. The lowest BCUT2D eigenvalue weighted by Gasteiger charge is -2.23. The standard InChI is InChI=1S/C24H45N9O7/c1-2-15(20(37)33-16(22(39)40)10-9-13-30-24(27)28)32-21(38)17(14-19(35)36)31-18(34)11-7-5-3-4-6-8-12-29-23(25)26/h15-17H,2-14H2,1H3,(H,31,34)(H,32,38)(H,33,37)(H,35,36)(H,39,40)(H4,25,26,29)(H4,27,28,30)/t15?,16-,17-/m0/s1. The Morgan fingerprint density at radius 3 is 1.73 bits per heavy atom. The fourth-order valence-electron chi connectivity index (χ4n) is 3.68. The SMILES string of the molecule is CCC(NC(=O)[C@H](CC(=O)O)NC(=O)CCCCCCCCNC(=N)N)C(=O)N[C@@H](CCCNC(=N)N)C(=O)O. The van der Waals surface area contributed by atoms with Crippen LogP contribution in [0.2, 0.25) is 0 Å². The van der Waals surface area contributed by atoms with Crippen LogP contribution in [0.3, 0.4) is 0 Å². The molecule has 0 saturated heterocycles. The van der Waals surface area contributed by atoms with Crippen molar-refractivity contribution >= 4 is 41.6 Å². The molecular weight excluding hydrogens is 526 g/mol. The van der Waals surface area contributed by atoms with Crippen LogP contribution >= 0.6 is 0 Å². The first kappa shape index (κ1) is 35.9. The molecule has 1 unspecified atom stereocenters. The van der Waals surface area contributed by atoms with Gasteiger partial charge in [-0.25, -0.2) is 4.79 Å². The van der Waals surface area contributed by atoms with Crippen LogP contribution < -0.4 is 38.1 Å². The lowest BCUT2D eigenvalue weighted by atomic mass is 10.1. The van der Waals surface area contributed by atoms with Gasteiger partial charge in [-0.15, -0.1) is 0 Å². The molecule has 0 aliphatic rings. The highest BCUT2D eigenvalue weighted by molar-refractivity contribution is 5.94.